The minimum atomic E-state index is -1.54. The summed E-state index contributed by atoms with van der Waals surface area (Å²) in [4.78, 5) is 10.5. The zero-order chi connectivity index (χ0) is 18.4. The van der Waals surface area contributed by atoms with Crippen LogP contribution in [0.5, 0.6) is 5.75 Å². The average Bonchev–Trinajstić information content (AvgIpc) is 3.21. The van der Waals surface area contributed by atoms with Crippen LogP contribution in [0.3, 0.4) is 0 Å². The van der Waals surface area contributed by atoms with Crippen LogP contribution in [0, 0.1) is 17.8 Å². The van der Waals surface area contributed by atoms with Crippen LogP contribution in [0.1, 0.15) is 44.9 Å². The molecule has 0 amide bonds. The van der Waals surface area contributed by atoms with E-state index < -0.39 is 17.2 Å². The molecule has 2 saturated carbocycles. The average molecular weight is 378 g/mol. The molecule has 3 rings (SSSR count). The Hall–Kier alpha value is -1.66. The zero-order valence-corrected chi connectivity index (χ0v) is 15.7. The van der Waals surface area contributed by atoms with E-state index in [1.165, 1.54) is 19.3 Å². The van der Waals surface area contributed by atoms with Crippen LogP contribution in [-0.4, -0.2) is 21.3 Å². The predicted molar refractivity (Wildman–Crippen MR) is 102 cm³/mol. The molecule has 2 bridgehead atoms. The number of carboxylic acid groups (broad SMARTS) is 1. The van der Waals surface area contributed by atoms with Gasteiger partial charge in [-0.3, -0.25) is 4.79 Å². The molecule has 0 aliphatic heterocycles. The third kappa shape index (κ3) is 5.17. The second kappa shape index (κ2) is 9.33. The van der Waals surface area contributed by atoms with Crippen LogP contribution in [0.25, 0.3) is 0 Å². The van der Waals surface area contributed by atoms with Crippen molar-refractivity contribution in [1.29, 1.82) is 0 Å². The number of aliphatic carboxylic acids is 1. The maximum atomic E-state index is 12.4. The van der Waals surface area contributed by atoms with Gasteiger partial charge in [-0.15, -0.1) is 0 Å². The summed E-state index contributed by atoms with van der Waals surface area (Å²) >= 11 is -1.54. The van der Waals surface area contributed by atoms with Crippen molar-refractivity contribution in [2.45, 2.75) is 51.0 Å². The highest BCUT2D eigenvalue weighted by molar-refractivity contribution is 7.78. The summed E-state index contributed by atoms with van der Waals surface area (Å²) in [6.45, 7) is 0. The van der Waals surface area contributed by atoms with Crippen molar-refractivity contribution < 1.29 is 18.3 Å². The van der Waals surface area contributed by atoms with E-state index in [1.807, 2.05) is 18.2 Å². The number of para-hydroxylation sites is 1. The summed E-state index contributed by atoms with van der Waals surface area (Å²) in [5, 5.41) is 8.67. The summed E-state index contributed by atoms with van der Waals surface area (Å²) in [5.74, 6) is 1.62. The fourth-order valence-corrected chi connectivity index (χ4v) is 5.30. The third-order valence-electron chi connectivity index (χ3n) is 5.57. The maximum absolute atomic E-state index is 12.4. The second-order valence-corrected chi connectivity index (χ2v) is 8.14. The normalized spacial score (nSPS) is 28.5. The SMILES string of the molecule is O=C(O)CCC/C=C\C[C@@H]1C(NS(=O)Oc2ccccc2)[C@@H]2CC[C@H]1C2. The Morgan fingerprint density at radius 1 is 1.23 bits per heavy atom. The number of carbonyl (C=O) groups is 1. The van der Waals surface area contributed by atoms with E-state index in [0.717, 1.165) is 12.8 Å². The van der Waals surface area contributed by atoms with Gasteiger partial charge in [0.05, 0.1) is 0 Å². The molecule has 2 unspecified atom stereocenters. The highest BCUT2D eigenvalue weighted by Crippen LogP contribution is 2.50. The molecule has 5 nitrogen and oxygen atoms in total. The summed E-state index contributed by atoms with van der Waals surface area (Å²) in [6.07, 6.45) is 10.6. The molecule has 26 heavy (non-hydrogen) atoms. The molecule has 2 N–H and O–H groups in total. The van der Waals surface area contributed by atoms with E-state index >= 15 is 0 Å². The fourth-order valence-electron chi connectivity index (χ4n) is 4.37. The molecule has 2 fully saturated rings. The van der Waals surface area contributed by atoms with Crippen LogP contribution in [-0.2, 0) is 16.1 Å². The van der Waals surface area contributed by atoms with Crippen molar-refractivity contribution in [2.75, 3.05) is 0 Å². The van der Waals surface area contributed by atoms with E-state index in [9.17, 15) is 9.00 Å². The number of benzene rings is 1. The van der Waals surface area contributed by atoms with Gasteiger partial charge in [0, 0.05) is 12.5 Å². The molecular formula is C20H27NO4S. The second-order valence-electron chi connectivity index (χ2n) is 7.26. The molecule has 1 aromatic rings. The van der Waals surface area contributed by atoms with Crippen molar-refractivity contribution in [3.63, 3.8) is 0 Å². The number of rotatable bonds is 10. The molecule has 5 atom stereocenters. The van der Waals surface area contributed by atoms with E-state index in [0.29, 0.717) is 29.9 Å². The first-order valence-electron chi connectivity index (χ1n) is 9.41. The number of fused-ring (bicyclic) bond motifs is 2. The van der Waals surface area contributed by atoms with Crippen LogP contribution in [0.4, 0.5) is 0 Å². The van der Waals surface area contributed by atoms with Crippen LogP contribution < -0.4 is 8.91 Å². The van der Waals surface area contributed by atoms with E-state index in [2.05, 4.69) is 16.9 Å². The minimum Gasteiger partial charge on any atom is -0.481 e. The van der Waals surface area contributed by atoms with Gasteiger partial charge in [0.2, 0.25) is 0 Å². The van der Waals surface area contributed by atoms with Crippen molar-refractivity contribution >= 4 is 17.2 Å². The number of hydrogen-bond donors (Lipinski definition) is 2. The van der Waals surface area contributed by atoms with Crippen LogP contribution >= 0.6 is 0 Å². The molecule has 0 saturated heterocycles. The fraction of sp³-hybridized carbons (Fsp3) is 0.550. The predicted octanol–water partition coefficient (Wildman–Crippen LogP) is 3.85. The molecule has 6 heteroatoms. The lowest BCUT2D eigenvalue weighted by Crippen LogP contribution is -2.42. The van der Waals surface area contributed by atoms with Gasteiger partial charge >= 0.3 is 5.97 Å². The van der Waals surface area contributed by atoms with Crippen LogP contribution in [0.2, 0.25) is 0 Å². The summed E-state index contributed by atoms with van der Waals surface area (Å²) in [6, 6.07) is 9.46. The molecule has 0 radical (unpaired) electrons. The Balaban J connectivity index is 1.49. The Morgan fingerprint density at radius 3 is 2.77 bits per heavy atom. The number of unbranched alkanes of at least 4 members (excludes halogenated alkanes) is 1. The summed E-state index contributed by atoms with van der Waals surface area (Å²) < 4.78 is 21.1. The summed E-state index contributed by atoms with van der Waals surface area (Å²) in [7, 11) is 0. The van der Waals surface area contributed by atoms with E-state index in [-0.39, 0.29) is 12.5 Å². The highest BCUT2D eigenvalue weighted by atomic mass is 32.2. The lowest BCUT2D eigenvalue weighted by Gasteiger charge is -2.30. The lowest BCUT2D eigenvalue weighted by atomic mass is 9.83. The van der Waals surface area contributed by atoms with Gasteiger partial charge < -0.3 is 9.29 Å². The van der Waals surface area contributed by atoms with Crippen molar-refractivity contribution in [2.24, 2.45) is 17.8 Å². The molecule has 2 aliphatic rings. The molecular weight excluding hydrogens is 350 g/mol. The smallest absolute Gasteiger partial charge is 0.303 e. The Bertz CT molecular complexity index is 648. The largest absolute Gasteiger partial charge is 0.481 e. The van der Waals surface area contributed by atoms with Gasteiger partial charge in [0.1, 0.15) is 5.75 Å². The van der Waals surface area contributed by atoms with Gasteiger partial charge in [-0.25, -0.2) is 4.72 Å². The maximum Gasteiger partial charge on any atom is 0.303 e. The van der Waals surface area contributed by atoms with Crippen molar-refractivity contribution in [1.82, 2.24) is 4.72 Å². The first-order valence-corrected chi connectivity index (χ1v) is 10.5. The number of carboxylic acids is 1. The Morgan fingerprint density at radius 2 is 2.00 bits per heavy atom. The Kier molecular flexibility index (Phi) is 6.86. The van der Waals surface area contributed by atoms with Gasteiger partial charge in [-0.1, -0.05) is 30.4 Å². The molecule has 2 aliphatic carbocycles. The van der Waals surface area contributed by atoms with Gasteiger partial charge in [-0.05, 0) is 68.4 Å². The van der Waals surface area contributed by atoms with Gasteiger partial charge in [-0.2, -0.15) is 4.21 Å². The van der Waals surface area contributed by atoms with E-state index in [1.54, 1.807) is 12.1 Å². The topological polar surface area (TPSA) is 75.6 Å². The van der Waals surface area contributed by atoms with Gasteiger partial charge in [0.25, 0.3) is 11.3 Å². The van der Waals surface area contributed by atoms with Crippen LogP contribution in [0.15, 0.2) is 42.5 Å². The molecule has 142 valence electrons. The molecule has 0 spiro atoms. The molecule has 1 aromatic carbocycles. The first kappa shape index (κ1) is 19.1. The first-order chi connectivity index (χ1) is 12.6. The minimum absolute atomic E-state index is 0.221. The lowest BCUT2D eigenvalue weighted by molar-refractivity contribution is -0.137. The number of nitrogens with one attached hydrogen (secondary N) is 1. The highest BCUT2D eigenvalue weighted by Gasteiger charge is 2.47. The monoisotopic (exact) mass is 377 g/mol. The quantitative estimate of drug-likeness (QED) is 0.480. The molecule has 0 heterocycles. The third-order valence-corrected chi connectivity index (χ3v) is 6.38. The number of allylic oxidation sites excluding steroid dienone is 2. The summed E-state index contributed by atoms with van der Waals surface area (Å²) in [5.41, 5.74) is 0. The molecule has 0 aromatic heterocycles. The Labute approximate surface area is 157 Å². The zero-order valence-electron chi connectivity index (χ0n) is 14.9. The van der Waals surface area contributed by atoms with Crippen molar-refractivity contribution in [3.05, 3.63) is 42.5 Å². The standard InChI is InChI=1S/C20H27NO4S/c22-19(23)11-7-2-1-6-10-18-15-12-13-16(14-15)20(18)21-26(24)25-17-8-4-3-5-9-17/h1,3-6,8-9,15-16,18,20-21H,2,7,10-14H2,(H,22,23)/b6-1-/t15-,16+,18-,20?,26?/m0/s1. The van der Waals surface area contributed by atoms with E-state index in [4.69, 9.17) is 9.29 Å². The number of hydrogen-bond acceptors (Lipinski definition) is 3. The van der Waals surface area contributed by atoms with Crippen molar-refractivity contribution in [3.8, 4) is 5.75 Å². The van der Waals surface area contributed by atoms with Gasteiger partial charge in [0.15, 0.2) is 0 Å².